The molecule has 0 aliphatic heterocycles. The van der Waals surface area contributed by atoms with Gasteiger partial charge in [-0.15, -0.1) is 0 Å². The number of carbonyl (C=O) groups is 2. The third-order valence-corrected chi connectivity index (χ3v) is 1.57. The largest absolute Gasteiger partial charge is 0.451 e. The third kappa shape index (κ3) is 6.68. The van der Waals surface area contributed by atoms with Gasteiger partial charge in [0.25, 0.3) is 0 Å². The van der Waals surface area contributed by atoms with Gasteiger partial charge < -0.3 is 15.8 Å². The molecule has 14 heavy (non-hydrogen) atoms. The molecule has 0 bridgehead atoms. The molecule has 1 amide bonds. The Hall–Kier alpha value is -0.810. The average molecular weight is 310 g/mol. The van der Waals surface area contributed by atoms with Crippen LogP contribution in [0, 0.1) is 9.85 Å². The van der Waals surface area contributed by atoms with Gasteiger partial charge >= 0.3 is 5.97 Å². The van der Waals surface area contributed by atoms with Gasteiger partial charge in [-0.3, -0.25) is 9.59 Å². The average Bonchev–Trinajstić information content (AvgIpc) is 2.14. The molecule has 0 aliphatic rings. The lowest BCUT2D eigenvalue weighted by Gasteiger charge is -2.06. The molecule has 0 aromatic carbocycles. The standard InChI is InChI=1S/C8H11IN2O3/c1-6(10)8(13)11-5-7(12)14-4-2-3-9/h6H,4-5,10H2,1H3,(H,11,13)/t6-/m0/s1. The van der Waals surface area contributed by atoms with E-state index >= 15 is 0 Å². The zero-order valence-electron chi connectivity index (χ0n) is 7.67. The van der Waals surface area contributed by atoms with Crippen LogP contribution in [0.15, 0.2) is 0 Å². The van der Waals surface area contributed by atoms with Crippen molar-refractivity contribution in [1.29, 1.82) is 0 Å². The number of nitrogens with one attached hydrogen (secondary N) is 1. The van der Waals surface area contributed by atoms with Crippen LogP contribution in [0.1, 0.15) is 6.92 Å². The molecule has 0 radical (unpaired) electrons. The molecule has 0 spiro atoms. The van der Waals surface area contributed by atoms with Crippen LogP contribution in [0.5, 0.6) is 0 Å². The highest BCUT2D eigenvalue weighted by molar-refractivity contribution is 14.1. The molecule has 0 rings (SSSR count). The Bertz CT molecular complexity index is 267. The molecule has 0 aromatic heterocycles. The van der Waals surface area contributed by atoms with Crippen LogP contribution in [0.4, 0.5) is 0 Å². The Balaban J connectivity index is 3.62. The molecule has 0 fully saturated rings. The van der Waals surface area contributed by atoms with Gasteiger partial charge in [-0.05, 0) is 10.9 Å². The number of nitrogens with two attached hydrogens (primary N) is 1. The van der Waals surface area contributed by atoms with Gasteiger partial charge in [-0.2, -0.15) is 0 Å². The Morgan fingerprint density at radius 2 is 2.29 bits per heavy atom. The molecule has 1 atom stereocenters. The Morgan fingerprint density at radius 3 is 2.79 bits per heavy atom. The molecule has 0 aliphatic carbocycles. The summed E-state index contributed by atoms with van der Waals surface area (Å²) in [6, 6.07) is -0.628. The second kappa shape index (κ2) is 7.58. The molecule has 6 heteroatoms. The fourth-order valence-electron chi connectivity index (χ4n) is 0.515. The number of carbonyl (C=O) groups excluding carboxylic acids is 2. The second-order valence-electron chi connectivity index (χ2n) is 2.44. The number of amides is 1. The van der Waals surface area contributed by atoms with Gasteiger partial charge in [0.1, 0.15) is 6.54 Å². The first kappa shape index (κ1) is 13.2. The van der Waals surface area contributed by atoms with E-state index in [0.717, 1.165) is 0 Å². The van der Waals surface area contributed by atoms with Crippen molar-refractivity contribution < 1.29 is 14.3 Å². The molecule has 0 unspecified atom stereocenters. The van der Waals surface area contributed by atoms with Crippen LogP contribution in [0.2, 0.25) is 0 Å². The lowest BCUT2D eigenvalue weighted by molar-refractivity contribution is -0.142. The van der Waals surface area contributed by atoms with Crippen LogP contribution in [-0.2, 0) is 14.3 Å². The van der Waals surface area contributed by atoms with Gasteiger partial charge in [0, 0.05) is 22.6 Å². The van der Waals surface area contributed by atoms with Crippen molar-refractivity contribution >= 4 is 34.5 Å². The van der Waals surface area contributed by atoms with Gasteiger partial charge in [0.05, 0.1) is 6.04 Å². The van der Waals surface area contributed by atoms with Crippen LogP contribution in [0.25, 0.3) is 0 Å². The van der Waals surface area contributed by atoms with E-state index in [-0.39, 0.29) is 19.1 Å². The predicted molar refractivity (Wildman–Crippen MR) is 59.4 cm³/mol. The van der Waals surface area contributed by atoms with E-state index in [1.165, 1.54) is 6.92 Å². The number of halogens is 1. The highest BCUT2D eigenvalue weighted by atomic mass is 127. The monoisotopic (exact) mass is 310 g/mol. The molecule has 0 aromatic rings. The van der Waals surface area contributed by atoms with Crippen molar-refractivity contribution in [1.82, 2.24) is 5.32 Å². The SMILES string of the molecule is C[C@H](N)C(=O)NCC(=O)OCC#CI. The van der Waals surface area contributed by atoms with Crippen molar-refractivity contribution in [2.75, 3.05) is 13.2 Å². The summed E-state index contributed by atoms with van der Waals surface area (Å²) in [5, 5.41) is 2.32. The zero-order valence-corrected chi connectivity index (χ0v) is 9.83. The van der Waals surface area contributed by atoms with E-state index in [4.69, 9.17) is 5.73 Å². The minimum atomic E-state index is -0.628. The first-order valence-electron chi connectivity index (χ1n) is 3.85. The van der Waals surface area contributed by atoms with Crippen molar-refractivity contribution in [2.45, 2.75) is 13.0 Å². The minimum absolute atomic E-state index is 0.0375. The van der Waals surface area contributed by atoms with E-state index in [1.807, 2.05) is 22.6 Å². The van der Waals surface area contributed by atoms with Gasteiger partial charge in [0.2, 0.25) is 5.91 Å². The molecule has 0 saturated heterocycles. The number of hydrogen-bond donors (Lipinski definition) is 2. The topological polar surface area (TPSA) is 81.4 Å². The third-order valence-electron chi connectivity index (χ3n) is 1.19. The maximum Gasteiger partial charge on any atom is 0.326 e. The molecule has 78 valence electrons. The van der Waals surface area contributed by atoms with E-state index in [2.05, 4.69) is 19.9 Å². The van der Waals surface area contributed by atoms with Crippen LogP contribution < -0.4 is 11.1 Å². The van der Waals surface area contributed by atoms with Gasteiger partial charge in [-0.25, -0.2) is 0 Å². The highest BCUT2D eigenvalue weighted by Crippen LogP contribution is 1.79. The molecule has 3 N–H and O–H groups in total. The summed E-state index contributed by atoms with van der Waals surface area (Å²) in [6.07, 6.45) is 0. The van der Waals surface area contributed by atoms with E-state index in [1.54, 1.807) is 0 Å². The lowest BCUT2D eigenvalue weighted by Crippen LogP contribution is -2.41. The number of esters is 1. The summed E-state index contributed by atoms with van der Waals surface area (Å²) in [5.41, 5.74) is 5.26. The maximum atomic E-state index is 10.9. The second-order valence-corrected chi connectivity index (χ2v) is 2.98. The fourth-order valence-corrected chi connectivity index (χ4v) is 0.671. The molecule has 0 saturated carbocycles. The summed E-state index contributed by atoms with van der Waals surface area (Å²) < 4.78 is 7.18. The predicted octanol–water partition coefficient (Wildman–Crippen LogP) is -0.611. The first-order valence-corrected chi connectivity index (χ1v) is 4.93. The molecular formula is C8H11IN2O3. The van der Waals surface area contributed by atoms with E-state index in [9.17, 15) is 9.59 Å². The number of ether oxygens (including phenoxy) is 1. The summed E-state index contributed by atoms with van der Waals surface area (Å²) >= 11 is 1.84. The van der Waals surface area contributed by atoms with E-state index < -0.39 is 12.0 Å². The molecule has 5 nitrogen and oxygen atoms in total. The normalized spacial score (nSPS) is 10.8. The van der Waals surface area contributed by atoms with Crippen molar-refractivity contribution in [3.8, 4) is 9.85 Å². The number of hydrogen-bond acceptors (Lipinski definition) is 4. The van der Waals surface area contributed by atoms with Gasteiger partial charge in [-0.1, -0.05) is 5.92 Å². The Morgan fingerprint density at radius 1 is 1.64 bits per heavy atom. The summed E-state index contributed by atoms with van der Waals surface area (Å²) in [5.74, 6) is 1.63. The lowest BCUT2D eigenvalue weighted by atomic mass is 10.3. The Labute approximate surface area is 95.9 Å². The van der Waals surface area contributed by atoms with E-state index in [0.29, 0.717) is 0 Å². The summed E-state index contributed by atoms with van der Waals surface area (Å²) in [7, 11) is 0. The zero-order chi connectivity index (χ0) is 11.0. The summed E-state index contributed by atoms with van der Waals surface area (Å²) in [4.78, 5) is 21.8. The van der Waals surface area contributed by atoms with Crippen molar-refractivity contribution in [2.24, 2.45) is 5.73 Å². The van der Waals surface area contributed by atoms with Crippen molar-refractivity contribution in [3.63, 3.8) is 0 Å². The van der Waals surface area contributed by atoms with Crippen molar-refractivity contribution in [3.05, 3.63) is 0 Å². The highest BCUT2D eigenvalue weighted by Gasteiger charge is 2.09. The maximum absolute atomic E-state index is 10.9. The minimum Gasteiger partial charge on any atom is -0.451 e. The van der Waals surface area contributed by atoms with Crippen LogP contribution in [0.3, 0.4) is 0 Å². The molecule has 0 heterocycles. The number of rotatable bonds is 4. The fraction of sp³-hybridized carbons (Fsp3) is 0.500. The van der Waals surface area contributed by atoms with Crippen LogP contribution >= 0.6 is 22.6 Å². The molecular weight excluding hydrogens is 299 g/mol. The first-order chi connectivity index (χ1) is 6.57. The van der Waals surface area contributed by atoms with Gasteiger partial charge in [0.15, 0.2) is 6.61 Å². The smallest absolute Gasteiger partial charge is 0.326 e. The summed E-state index contributed by atoms with van der Waals surface area (Å²) in [6.45, 7) is 1.39. The quantitative estimate of drug-likeness (QED) is 0.412. The Kier molecular flexibility index (Phi) is 7.14. The van der Waals surface area contributed by atoms with Crippen LogP contribution in [-0.4, -0.2) is 31.1 Å².